The van der Waals surface area contributed by atoms with Crippen molar-refractivity contribution in [1.82, 2.24) is 4.90 Å². The second-order valence-corrected chi connectivity index (χ2v) is 4.68. The largest absolute Gasteiger partial charge is 0.489 e. The van der Waals surface area contributed by atoms with Gasteiger partial charge in [-0.3, -0.25) is 4.79 Å². The molecule has 0 spiro atoms. The maximum Gasteiger partial charge on any atom is 0.241 e. The molecule has 0 atom stereocenters. The molecule has 0 saturated carbocycles. The van der Waals surface area contributed by atoms with Crippen molar-refractivity contribution in [3.05, 3.63) is 18.2 Å². The van der Waals surface area contributed by atoms with E-state index in [1.54, 1.807) is 18.0 Å². The number of anilines is 2. The molecule has 0 bridgehead atoms. The zero-order valence-corrected chi connectivity index (χ0v) is 12.1. The Morgan fingerprint density at radius 3 is 2.74 bits per heavy atom. The van der Waals surface area contributed by atoms with E-state index in [4.69, 9.17) is 10.5 Å². The van der Waals surface area contributed by atoms with Crippen LogP contribution in [0.5, 0.6) is 5.75 Å². The number of benzene rings is 1. The number of carbonyl (C=O) groups excluding carboxylic acids is 1. The first kappa shape index (κ1) is 15.1. The van der Waals surface area contributed by atoms with Crippen molar-refractivity contribution in [2.24, 2.45) is 0 Å². The molecule has 5 heteroatoms. The third-order valence-electron chi connectivity index (χ3n) is 2.72. The number of nitrogens with zero attached hydrogens (tertiary/aromatic N) is 1. The molecule has 0 unspecified atom stereocenters. The number of nitrogen functional groups attached to an aromatic ring is 1. The maximum absolute atomic E-state index is 11.7. The average Bonchev–Trinajstić information content (AvgIpc) is 2.37. The third-order valence-corrected chi connectivity index (χ3v) is 2.72. The Kier molecular flexibility index (Phi) is 5.48. The quantitative estimate of drug-likeness (QED) is 0.771. The molecule has 1 aromatic rings. The van der Waals surface area contributed by atoms with Crippen molar-refractivity contribution in [2.75, 3.05) is 31.2 Å². The van der Waals surface area contributed by atoms with Crippen LogP contribution >= 0.6 is 0 Å². The molecule has 0 radical (unpaired) electrons. The van der Waals surface area contributed by atoms with Crippen LogP contribution in [-0.2, 0) is 4.79 Å². The Morgan fingerprint density at radius 1 is 1.47 bits per heavy atom. The van der Waals surface area contributed by atoms with Gasteiger partial charge in [0, 0.05) is 25.3 Å². The predicted octanol–water partition coefficient (Wildman–Crippen LogP) is 1.95. The van der Waals surface area contributed by atoms with Crippen LogP contribution in [0, 0.1) is 0 Å². The second kappa shape index (κ2) is 6.87. The summed E-state index contributed by atoms with van der Waals surface area (Å²) < 4.78 is 5.60. The molecule has 1 aromatic carbocycles. The van der Waals surface area contributed by atoms with Crippen molar-refractivity contribution in [2.45, 2.75) is 26.9 Å². The van der Waals surface area contributed by atoms with E-state index in [1.807, 2.05) is 32.9 Å². The lowest BCUT2D eigenvalue weighted by molar-refractivity contribution is -0.127. The van der Waals surface area contributed by atoms with Crippen LogP contribution in [0.4, 0.5) is 11.4 Å². The summed E-state index contributed by atoms with van der Waals surface area (Å²) in [6.45, 7) is 6.79. The molecule has 0 fully saturated rings. The third kappa shape index (κ3) is 4.69. The van der Waals surface area contributed by atoms with Crippen LogP contribution < -0.4 is 15.8 Å². The van der Waals surface area contributed by atoms with Gasteiger partial charge in [0.05, 0.1) is 18.3 Å². The Morgan fingerprint density at radius 2 is 2.16 bits per heavy atom. The van der Waals surface area contributed by atoms with Crippen LogP contribution in [-0.4, -0.2) is 37.0 Å². The number of nitrogens with two attached hydrogens (primary N) is 1. The minimum atomic E-state index is 0.0469. The van der Waals surface area contributed by atoms with Gasteiger partial charge in [0.1, 0.15) is 5.75 Å². The molecular weight excluding hydrogens is 242 g/mol. The highest BCUT2D eigenvalue weighted by Gasteiger charge is 2.08. The van der Waals surface area contributed by atoms with Crippen molar-refractivity contribution in [3.63, 3.8) is 0 Å². The van der Waals surface area contributed by atoms with E-state index in [0.29, 0.717) is 18.0 Å². The highest BCUT2D eigenvalue weighted by Crippen LogP contribution is 2.26. The standard InChI is InChI=1S/C14H23N3O2/c1-5-17(4)14(18)9-16-11-6-7-12(15)13(8-11)19-10(2)3/h6-8,10,16H,5,9,15H2,1-4H3. The summed E-state index contributed by atoms with van der Waals surface area (Å²) in [4.78, 5) is 13.3. The number of carbonyl (C=O) groups is 1. The SMILES string of the molecule is CCN(C)C(=O)CNc1ccc(N)c(OC(C)C)c1. The van der Waals surface area contributed by atoms with Crippen molar-refractivity contribution in [3.8, 4) is 5.75 Å². The smallest absolute Gasteiger partial charge is 0.241 e. The molecule has 0 aromatic heterocycles. The first-order valence-electron chi connectivity index (χ1n) is 6.48. The van der Waals surface area contributed by atoms with Crippen LogP contribution in [0.15, 0.2) is 18.2 Å². The predicted molar refractivity (Wildman–Crippen MR) is 78.4 cm³/mol. The van der Waals surface area contributed by atoms with E-state index in [2.05, 4.69) is 5.32 Å². The molecule has 0 aliphatic carbocycles. The van der Waals surface area contributed by atoms with Crippen molar-refractivity contribution < 1.29 is 9.53 Å². The van der Waals surface area contributed by atoms with E-state index in [-0.39, 0.29) is 18.6 Å². The fourth-order valence-corrected chi connectivity index (χ4v) is 1.49. The van der Waals surface area contributed by atoms with Crippen LogP contribution in [0.1, 0.15) is 20.8 Å². The number of nitrogens with one attached hydrogen (secondary N) is 1. The molecule has 0 aliphatic heterocycles. The first-order valence-corrected chi connectivity index (χ1v) is 6.48. The molecule has 5 nitrogen and oxygen atoms in total. The second-order valence-electron chi connectivity index (χ2n) is 4.68. The molecule has 106 valence electrons. The van der Waals surface area contributed by atoms with Crippen LogP contribution in [0.25, 0.3) is 0 Å². The molecule has 0 aliphatic rings. The number of ether oxygens (including phenoxy) is 1. The van der Waals surface area contributed by atoms with Gasteiger partial charge in [0.15, 0.2) is 0 Å². The number of hydrogen-bond donors (Lipinski definition) is 2. The lowest BCUT2D eigenvalue weighted by Crippen LogP contribution is -2.31. The topological polar surface area (TPSA) is 67.6 Å². The van der Waals surface area contributed by atoms with Crippen LogP contribution in [0.2, 0.25) is 0 Å². The molecule has 1 rings (SSSR count). The minimum Gasteiger partial charge on any atom is -0.489 e. The number of likely N-dealkylation sites (N-methyl/N-ethyl adjacent to an activating group) is 1. The zero-order chi connectivity index (χ0) is 14.4. The van der Waals surface area contributed by atoms with E-state index >= 15 is 0 Å². The monoisotopic (exact) mass is 265 g/mol. The van der Waals surface area contributed by atoms with Gasteiger partial charge in [0.25, 0.3) is 0 Å². The number of hydrogen-bond acceptors (Lipinski definition) is 4. The summed E-state index contributed by atoms with van der Waals surface area (Å²) in [6.07, 6.45) is 0.0606. The van der Waals surface area contributed by atoms with Gasteiger partial charge in [-0.1, -0.05) is 0 Å². The Bertz CT molecular complexity index is 433. The fraction of sp³-hybridized carbons (Fsp3) is 0.500. The van der Waals surface area contributed by atoms with Gasteiger partial charge < -0.3 is 20.7 Å². The lowest BCUT2D eigenvalue weighted by atomic mass is 10.2. The van der Waals surface area contributed by atoms with E-state index in [1.165, 1.54) is 0 Å². The average molecular weight is 265 g/mol. The molecule has 0 heterocycles. The fourth-order valence-electron chi connectivity index (χ4n) is 1.49. The summed E-state index contributed by atoms with van der Waals surface area (Å²) in [5, 5.41) is 3.07. The zero-order valence-electron chi connectivity index (χ0n) is 12.1. The normalized spacial score (nSPS) is 10.4. The lowest BCUT2D eigenvalue weighted by Gasteiger charge is -2.17. The molecule has 1 amide bonds. The summed E-state index contributed by atoms with van der Waals surface area (Å²) in [5.41, 5.74) is 7.25. The van der Waals surface area contributed by atoms with Crippen molar-refractivity contribution in [1.29, 1.82) is 0 Å². The van der Waals surface area contributed by atoms with Gasteiger partial charge in [-0.2, -0.15) is 0 Å². The van der Waals surface area contributed by atoms with Crippen molar-refractivity contribution >= 4 is 17.3 Å². The molecular formula is C14H23N3O2. The molecule has 3 N–H and O–H groups in total. The Hall–Kier alpha value is -1.91. The van der Waals surface area contributed by atoms with Crippen LogP contribution in [0.3, 0.4) is 0 Å². The molecule has 19 heavy (non-hydrogen) atoms. The summed E-state index contributed by atoms with van der Waals surface area (Å²) in [7, 11) is 1.78. The van der Waals surface area contributed by atoms with E-state index in [0.717, 1.165) is 5.69 Å². The van der Waals surface area contributed by atoms with E-state index in [9.17, 15) is 4.79 Å². The highest BCUT2D eigenvalue weighted by molar-refractivity contribution is 5.80. The Balaban J connectivity index is 2.67. The maximum atomic E-state index is 11.7. The van der Waals surface area contributed by atoms with Gasteiger partial charge in [0.2, 0.25) is 5.91 Å². The number of amides is 1. The molecule has 0 saturated heterocycles. The first-order chi connectivity index (χ1) is 8.93. The Labute approximate surface area is 114 Å². The number of rotatable bonds is 6. The van der Waals surface area contributed by atoms with Gasteiger partial charge in [-0.05, 0) is 32.9 Å². The van der Waals surface area contributed by atoms with Gasteiger partial charge in [-0.25, -0.2) is 0 Å². The summed E-state index contributed by atoms with van der Waals surface area (Å²) in [6, 6.07) is 5.42. The minimum absolute atomic E-state index is 0.0469. The summed E-state index contributed by atoms with van der Waals surface area (Å²) >= 11 is 0. The highest BCUT2D eigenvalue weighted by atomic mass is 16.5. The van der Waals surface area contributed by atoms with Gasteiger partial charge >= 0.3 is 0 Å². The van der Waals surface area contributed by atoms with E-state index < -0.39 is 0 Å². The summed E-state index contributed by atoms with van der Waals surface area (Å²) in [5.74, 6) is 0.682. The van der Waals surface area contributed by atoms with Gasteiger partial charge in [-0.15, -0.1) is 0 Å².